The van der Waals surface area contributed by atoms with E-state index in [-0.39, 0.29) is 17.3 Å². The van der Waals surface area contributed by atoms with E-state index in [4.69, 9.17) is 0 Å². The summed E-state index contributed by atoms with van der Waals surface area (Å²) < 4.78 is 27.7. The molecule has 0 saturated heterocycles. The zero-order chi connectivity index (χ0) is 20.1. The molecule has 2 aromatic heterocycles. The van der Waals surface area contributed by atoms with Gasteiger partial charge in [-0.15, -0.1) is 11.3 Å². The lowest BCUT2D eigenvalue weighted by molar-refractivity contribution is -0.115. The Morgan fingerprint density at radius 2 is 1.93 bits per heavy atom. The predicted molar refractivity (Wildman–Crippen MR) is 109 cm³/mol. The van der Waals surface area contributed by atoms with Crippen LogP contribution >= 0.6 is 11.3 Å². The molecule has 3 rings (SSSR count). The van der Waals surface area contributed by atoms with Gasteiger partial charge in [0.05, 0.1) is 10.6 Å². The van der Waals surface area contributed by atoms with Gasteiger partial charge in [0.1, 0.15) is 5.01 Å². The molecule has 0 aliphatic carbocycles. The normalized spacial score (nSPS) is 11.4. The van der Waals surface area contributed by atoms with Crippen molar-refractivity contribution in [3.63, 3.8) is 0 Å². The number of rotatable bonds is 7. The molecule has 7 nitrogen and oxygen atoms in total. The fourth-order valence-electron chi connectivity index (χ4n) is 2.42. The minimum absolute atomic E-state index is 0.126. The van der Waals surface area contributed by atoms with Gasteiger partial charge in [0.15, 0.2) is 0 Å². The van der Waals surface area contributed by atoms with Crippen LogP contribution in [0.25, 0.3) is 10.6 Å². The van der Waals surface area contributed by atoms with Gasteiger partial charge in [-0.1, -0.05) is 6.92 Å². The number of aromatic nitrogens is 2. The summed E-state index contributed by atoms with van der Waals surface area (Å²) in [4.78, 5) is 21.0. The number of thiazole rings is 1. The van der Waals surface area contributed by atoms with Crippen molar-refractivity contribution in [2.45, 2.75) is 31.7 Å². The van der Waals surface area contributed by atoms with E-state index in [2.05, 4.69) is 20.0 Å². The number of carbonyl (C=O) groups excluding carboxylic acids is 1. The molecule has 1 amide bonds. The van der Waals surface area contributed by atoms with Crippen molar-refractivity contribution >= 4 is 33.0 Å². The number of aryl methyl sites for hydroxylation is 1. The molecule has 2 heterocycles. The van der Waals surface area contributed by atoms with Crippen LogP contribution in [-0.2, 0) is 21.4 Å². The Bertz CT molecular complexity index is 1060. The highest BCUT2D eigenvalue weighted by Crippen LogP contribution is 2.27. The molecule has 1 aromatic carbocycles. The highest BCUT2D eigenvalue weighted by molar-refractivity contribution is 7.89. The number of nitrogens with zero attached hydrogens (tertiary/aromatic N) is 2. The predicted octanol–water partition coefficient (Wildman–Crippen LogP) is 3.34. The van der Waals surface area contributed by atoms with Crippen LogP contribution in [0.5, 0.6) is 0 Å². The maximum atomic E-state index is 12.6. The molecule has 28 heavy (non-hydrogen) atoms. The third-order valence-electron chi connectivity index (χ3n) is 3.99. The van der Waals surface area contributed by atoms with Crippen molar-refractivity contribution in [1.29, 1.82) is 0 Å². The smallest absolute Gasteiger partial charge is 0.240 e. The summed E-state index contributed by atoms with van der Waals surface area (Å²) in [5.41, 5.74) is 2.24. The van der Waals surface area contributed by atoms with Crippen LogP contribution in [-0.4, -0.2) is 24.3 Å². The van der Waals surface area contributed by atoms with E-state index in [1.54, 1.807) is 31.5 Å². The fraction of sp³-hybridized carbons (Fsp3) is 0.211. The lowest BCUT2D eigenvalue weighted by atomic mass is 10.3. The summed E-state index contributed by atoms with van der Waals surface area (Å²) in [6.45, 7) is 3.75. The SMILES string of the molecule is CCC(=O)Nc1ccc(S(=O)(=O)NCc2sc(-c3cccnc3)nc2C)cc1. The molecule has 2 N–H and O–H groups in total. The monoisotopic (exact) mass is 416 g/mol. The first-order chi connectivity index (χ1) is 13.4. The standard InChI is InChI=1S/C19H20N4O3S2/c1-3-18(24)23-15-6-8-16(9-7-15)28(25,26)21-12-17-13(2)22-19(27-17)14-5-4-10-20-11-14/h4-11,21H,3,12H2,1-2H3,(H,23,24). The first-order valence-electron chi connectivity index (χ1n) is 8.65. The van der Waals surface area contributed by atoms with Crippen molar-refractivity contribution in [1.82, 2.24) is 14.7 Å². The van der Waals surface area contributed by atoms with E-state index >= 15 is 0 Å². The number of amides is 1. The second-order valence-corrected chi connectivity index (χ2v) is 8.87. The lowest BCUT2D eigenvalue weighted by Crippen LogP contribution is -2.23. The number of sulfonamides is 1. The summed E-state index contributed by atoms with van der Waals surface area (Å²) in [5.74, 6) is -0.126. The zero-order valence-corrected chi connectivity index (χ0v) is 17.1. The Morgan fingerprint density at radius 3 is 2.57 bits per heavy atom. The Morgan fingerprint density at radius 1 is 1.18 bits per heavy atom. The molecule has 0 spiro atoms. The van der Waals surface area contributed by atoms with E-state index in [0.717, 1.165) is 21.1 Å². The second kappa shape index (κ2) is 8.59. The maximum absolute atomic E-state index is 12.6. The van der Waals surface area contributed by atoms with E-state index in [1.165, 1.54) is 23.5 Å². The third kappa shape index (κ3) is 4.80. The molecule has 0 bridgehead atoms. The average molecular weight is 417 g/mol. The molecule has 0 fully saturated rings. The molecule has 0 aliphatic rings. The highest BCUT2D eigenvalue weighted by atomic mass is 32.2. The number of anilines is 1. The Balaban J connectivity index is 1.70. The number of hydrogen-bond donors (Lipinski definition) is 2. The molecule has 9 heteroatoms. The largest absolute Gasteiger partial charge is 0.326 e. The van der Waals surface area contributed by atoms with Crippen molar-refractivity contribution < 1.29 is 13.2 Å². The van der Waals surface area contributed by atoms with E-state index in [1.807, 2.05) is 19.1 Å². The van der Waals surface area contributed by atoms with Crippen molar-refractivity contribution in [3.05, 3.63) is 59.4 Å². The van der Waals surface area contributed by atoms with E-state index in [0.29, 0.717) is 12.1 Å². The molecule has 0 aliphatic heterocycles. The summed E-state index contributed by atoms with van der Waals surface area (Å²) in [7, 11) is -3.68. The van der Waals surface area contributed by atoms with Crippen LogP contribution in [0.15, 0.2) is 53.7 Å². The molecule has 0 unspecified atom stereocenters. The number of nitrogens with one attached hydrogen (secondary N) is 2. The van der Waals surface area contributed by atoms with Gasteiger partial charge in [-0.25, -0.2) is 18.1 Å². The van der Waals surface area contributed by atoms with Crippen LogP contribution < -0.4 is 10.0 Å². The first kappa shape index (κ1) is 20.1. The summed E-state index contributed by atoms with van der Waals surface area (Å²) in [6, 6.07) is 9.82. The minimum atomic E-state index is -3.68. The van der Waals surface area contributed by atoms with Gasteiger partial charge in [-0.3, -0.25) is 9.78 Å². The van der Waals surface area contributed by atoms with Crippen LogP contribution in [0.3, 0.4) is 0 Å². The summed E-state index contributed by atoms with van der Waals surface area (Å²) in [6.07, 6.45) is 3.78. The number of benzene rings is 1. The molecule has 0 saturated carbocycles. The van der Waals surface area contributed by atoms with Crippen LogP contribution in [0.2, 0.25) is 0 Å². The molecule has 0 radical (unpaired) electrons. The molecule has 0 atom stereocenters. The second-order valence-electron chi connectivity index (χ2n) is 6.02. The average Bonchev–Trinajstić information content (AvgIpc) is 3.08. The summed E-state index contributed by atoms with van der Waals surface area (Å²) >= 11 is 1.43. The zero-order valence-electron chi connectivity index (χ0n) is 15.5. The van der Waals surface area contributed by atoms with Gasteiger partial charge < -0.3 is 5.32 Å². The summed E-state index contributed by atoms with van der Waals surface area (Å²) in [5, 5.41) is 3.49. The third-order valence-corrected chi connectivity index (χ3v) is 6.62. The van der Waals surface area contributed by atoms with Crippen LogP contribution in [0, 0.1) is 6.92 Å². The molecular weight excluding hydrogens is 396 g/mol. The Hall–Kier alpha value is -2.62. The van der Waals surface area contributed by atoms with Crippen LogP contribution in [0.4, 0.5) is 5.69 Å². The Labute approximate surface area is 167 Å². The molecular formula is C19H20N4O3S2. The van der Waals surface area contributed by atoms with Gasteiger partial charge in [0.25, 0.3) is 0 Å². The van der Waals surface area contributed by atoms with Gasteiger partial charge in [-0.2, -0.15) is 0 Å². The topological polar surface area (TPSA) is 101 Å². The van der Waals surface area contributed by atoms with E-state index in [9.17, 15) is 13.2 Å². The van der Waals surface area contributed by atoms with Gasteiger partial charge in [0, 0.05) is 41.5 Å². The van der Waals surface area contributed by atoms with Crippen molar-refractivity contribution in [2.24, 2.45) is 0 Å². The first-order valence-corrected chi connectivity index (χ1v) is 11.0. The fourth-order valence-corrected chi connectivity index (χ4v) is 4.49. The maximum Gasteiger partial charge on any atom is 0.240 e. The minimum Gasteiger partial charge on any atom is -0.326 e. The highest BCUT2D eigenvalue weighted by Gasteiger charge is 2.16. The van der Waals surface area contributed by atoms with Crippen molar-refractivity contribution in [2.75, 3.05) is 5.32 Å². The quantitative estimate of drug-likeness (QED) is 0.615. The van der Waals surface area contributed by atoms with Crippen LogP contribution in [0.1, 0.15) is 23.9 Å². The number of carbonyl (C=O) groups is 1. The number of hydrogen-bond acceptors (Lipinski definition) is 6. The van der Waals surface area contributed by atoms with Gasteiger partial charge in [-0.05, 0) is 43.3 Å². The van der Waals surface area contributed by atoms with Gasteiger partial charge >= 0.3 is 0 Å². The molecule has 146 valence electrons. The molecule has 3 aromatic rings. The Kier molecular flexibility index (Phi) is 6.18. The number of pyridine rings is 1. The van der Waals surface area contributed by atoms with E-state index < -0.39 is 10.0 Å². The van der Waals surface area contributed by atoms with Gasteiger partial charge in [0.2, 0.25) is 15.9 Å². The lowest BCUT2D eigenvalue weighted by Gasteiger charge is -2.08. The van der Waals surface area contributed by atoms with Crippen molar-refractivity contribution in [3.8, 4) is 10.6 Å².